The summed E-state index contributed by atoms with van der Waals surface area (Å²) >= 11 is 4.79. The second kappa shape index (κ2) is 7.50. The molecule has 0 aliphatic carbocycles. The zero-order chi connectivity index (χ0) is 13.5. The zero-order valence-corrected chi connectivity index (χ0v) is 12.2. The number of aliphatic carboxylic acids is 1. The van der Waals surface area contributed by atoms with Crippen molar-refractivity contribution in [2.45, 2.75) is 18.9 Å². The third kappa shape index (κ3) is 4.75. The van der Waals surface area contributed by atoms with Crippen LogP contribution in [0.1, 0.15) is 11.3 Å². The van der Waals surface area contributed by atoms with Gasteiger partial charge in [0.15, 0.2) is 0 Å². The fraction of sp³-hybridized carbons (Fsp3) is 0.455. The molecule has 0 aliphatic heterocycles. The Kier molecular flexibility index (Phi) is 6.31. The summed E-state index contributed by atoms with van der Waals surface area (Å²) in [6.45, 7) is 0.279. The lowest BCUT2D eigenvalue weighted by molar-refractivity contribution is -0.141. The minimum atomic E-state index is -1.04. The number of carbonyl (C=O) groups is 2. The van der Waals surface area contributed by atoms with E-state index in [1.54, 1.807) is 0 Å². The Labute approximate surface area is 117 Å². The van der Waals surface area contributed by atoms with Crippen molar-refractivity contribution in [3.05, 3.63) is 20.8 Å². The second-order valence-corrected chi connectivity index (χ2v) is 5.45. The molecule has 0 radical (unpaired) electrons. The first-order chi connectivity index (χ1) is 8.54. The molecule has 100 valence electrons. The predicted molar refractivity (Wildman–Crippen MR) is 71.8 cm³/mol. The molecule has 1 aromatic heterocycles. The largest absolute Gasteiger partial charge is 0.480 e. The standard InChI is InChI=1S/C11H14BrNO4S/c1-17-4-2-10(14)13-8(11(15)16)6-9-7(12)3-5-18-9/h3,5,8H,2,4,6H2,1H3,(H,13,14)(H,15,16)/t8-/m0/s1. The van der Waals surface area contributed by atoms with Gasteiger partial charge in [0.2, 0.25) is 5.91 Å². The van der Waals surface area contributed by atoms with Gasteiger partial charge in [-0.05, 0) is 27.4 Å². The van der Waals surface area contributed by atoms with Crippen LogP contribution < -0.4 is 5.32 Å². The Morgan fingerprint density at radius 1 is 1.61 bits per heavy atom. The molecule has 1 heterocycles. The van der Waals surface area contributed by atoms with E-state index in [-0.39, 0.29) is 25.4 Å². The molecule has 0 aliphatic rings. The number of methoxy groups -OCH3 is 1. The Balaban J connectivity index is 2.58. The number of hydrogen-bond acceptors (Lipinski definition) is 4. The van der Waals surface area contributed by atoms with Crippen LogP contribution in [-0.2, 0) is 20.7 Å². The summed E-state index contributed by atoms with van der Waals surface area (Å²) in [4.78, 5) is 23.5. The SMILES string of the molecule is COCCC(=O)N[C@@H](Cc1sccc1Br)C(=O)O. The molecule has 0 saturated heterocycles. The van der Waals surface area contributed by atoms with Crippen molar-refractivity contribution in [1.29, 1.82) is 0 Å². The van der Waals surface area contributed by atoms with E-state index in [0.29, 0.717) is 0 Å². The lowest BCUT2D eigenvalue weighted by atomic mass is 10.2. The van der Waals surface area contributed by atoms with Crippen molar-refractivity contribution < 1.29 is 19.4 Å². The van der Waals surface area contributed by atoms with Crippen LogP contribution in [0, 0.1) is 0 Å². The summed E-state index contributed by atoms with van der Waals surface area (Å²) in [6, 6.07) is 0.940. The summed E-state index contributed by atoms with van der Waals surface area (Å²) in [5, 5.41) is 13.4. The number of thiophene rings is 1. The predicted octanol–water partition coefficient (Wildman–Crippen LogP) is 1.66. The van der Waals surface area contributed by atoms with Crippen LogP contribution in [0.4, 0.5) is 0 Å². The molecule has 18 heavy (non-hydrogen) atoms. The monoisotopic (exact) mass is 335 g/mol. The van der Waals surface area contributed by atoms with Gasteiger partial charge in [-0.1, -0.05) is 0 Å². The Hall–Kier alpha value is -0.920. The molecular formula is C11H14BrNO4S. The quantitative estimate of drug-likeness (QED) is 0.794. The van der Waals surface area contributed by atoms with E-state index in [2.05, 4.69) is 21.2 Å². The zero-order valence-electron chi connectivity index (χ0n) is 9.81. The van der Waals surface area contributed by atoms with Crippen LogP contribution in [-0.4, -0.2) is 36.7 Å². The summed E-state index contributed by atoms with van der Waals surface area (Å²) in [7, 11) is 1.49. The molecule has 5 nitrogen and oxygen atoms in total. The fourth-order valence-electron chi connectivity index (χ4n) is 1.32. The topological polar surface area (TPSA) is 75.6 Å². The molecule has 1 atom stereocenters. The molecule has 0 aromatic carbocycles. The van der Waals surface area contributed by atoms with Gasteiger partial charge >= 0.3 is 5.97 Å². The maximum atomic E-state index is 11.5. The molecule has 1 rings (SSSR count). The highest BCUT2D eigenvalue weighted by Crippen LogP contribution is 2.24. The van der Waals surface area contributed by atoms with Crippen molar-refractivity contribution >= 4 is 39.1 Å². The highest BCUT2D eigenvalue weighted by Gasteiger charge is 2.21. The van der Waals surface area contributed by atoms with Gasteiger partial charge < -0.3 is 15.2 Å². The smallest absolute Gasteiger partial charge is 0.326 e. The maximum absolute atomic E-state index is 11.5. The van der Waals surface area contributed by atoms with Gasteiger partial charge in [0.1, 0.15) is 6.04 Å². The molecule has 0 unspecified atom stereocenters. The van der Waals surface area contributed by atoms with E-state index < -0.39 is 12.0 Å². The van der Waals surface area contributed by atoms with Crippen LogP contribution >= 0.6 is 27.3 Å². The fourth-order valence-corrected chi connectivity index (χ4v) is 2.88. The van der Waals surface area contributed by atoms with Crippen LogP contribution in [0.25, 0.3) is 0 Å². The number of carboxylic acids is 1. The van der Waals surface area contributed by atoms with Crippen LogP contribution in [0.3, 0.4) is 0 Å². The molecule has 0 saturated carbocycles. The van der Waals surface area contributed by atoms with Crippen LogP contribution in [0.15, 0.2) is 15.9 Å². The average Bonchev–Trinajstić information content (AvgIpc) is 2.71. The molecule has 1 aromatic rings. The molecule has 2 N–H and O–H groups in total. The lowest BCUT2D eigenvalue weighted by Gasteiger charge is -2.13. The van der Waals surface area contributed by atoms with Gasteiger partial charge in [0.05, 0.1) is 6.61 Å². The number of rotatable bonds is 7. The first-order valence-electron chi connectivity index (χ1n) is 5.27. The summed E-state index contributed by atoms with van der Waals surface area (Å²) in [5.74, 6) is -1.36. The summed E-state index contributed by atoms with van der Waals surface area (Å²) in [5.41, 5.74) is 0. The van der Waals surface area contributed by atoms with E-state index in [1.807, 2.05) is 11.4 Å². The van der Waals surface area contributed by atoms with Gasteiger partial charge in [-0.25, -0.2) is 4.79 Å². The second-order valence-electron chi connectivity index (χ2n) is 3.60. The molecule has 0 bridgehead atoms. The first-order valence-corrected chi connectivity index (χ1v) is 6.94. The van der Waals surface area contributed by atoms with Gasteiger partial charge in [-0.2, -0.15) is 0 Å². The number of hydrogen-bond donors (Lipinski definition) is 2. The molecule has 0 fully saturated rings. The van der Waals surface area contributed by atoms with Crippen molar-refractivity contribution in [1.82, 2.24) is 5.32 Å². The summed E-state index contributed by atoms with van der Waals surface area (Å²) < 4.78 is 5.63. The van der Waals surface area contributed by atoms with E-state index >= 15 is 0 Å². The third-order valence-corrected chi connectivity index (χ3v) is 4.20. The van der Waals surface area contributed by atoms with Crippen molar-refractivity contribution in [2.24, 2.45) is 0 Å². The van der Waals surface area contributed by atoms with Gasteiger partial charge in [0, 0.05) is 29.3 Å². The molecular weight excluding hydrogens is 322 g/mol. The number of carbonyl (C=O) groups excluding carboxylic acids is 1. The average molecular weight is 336 g/mol. The normalized spacial score (nSPS) is 12.1. The number of ether oxygens (including phenoxy) is 1. The highest BCUT2D eigenvalue weighted by atomic mass is 79.9. The lowest BCUT2D eigenvalue weighted by Crippen LogP contribution is -2.42. The van der Waals surface area contributed by atoms with Crippen molar-refractivity contribution in [2.75, 3.05) is 13.7 Å². The molecule has 1 amide bonds. The van der Waals surface area contributed by atoms with E-state index in [4.69, 9.17) is 9.84 Å². The van der Waals surface area contributed by atoms with Crippen LogP contribution in [0.2, 0.25) is 0 Å². The minimum absolute atomic E-state index is 0.159. The number of halogens is 1. The Morgan fingerprint density at radius 3 is 2.83 bits per heavy atom. The maximum Gasteiger partial charge on any atom is 0.326 e. The van der Waals surface area contributed by atoms with Crippen LogP contribution in [0.5, 0.6) is 0 Å². The summed E-state index contributed by atoms with van der Waals surface area (Å²) in [6.07, 6.45) is 0.429. The Morgan fingerprint density at radius 2 is 2.33 bits per heavy atom. The Bertz CT molecular complexity index is 421. The van der Waals surface area contributed by atoms with Gasteiger partial charge in [0.25, 0.3) is 0 Å². The van der Waals surface area contributed by atoms with Gasteiger partial charge in [-0.15, -0.1) is 11.3 Å². The van der Waals surface area contributed by atoms with Gasteiger partial charge in [-0.3, -0.25) is 4.79 Å². The minimum Gasteiger partial charge on any atom is -0.480 e. The number of carboxylic acid groups (broad SMARTS) is 1. The number of amides is 1. The first kappa shape index (κ1) is 15.1. The number of nitrogens with one attached hydrogen (secondary N) is 1. The third-order valence-electron chi connectivity index (χ3n) is 2.25. The van der Waals surface area contributed by atoms with E-state index in [0.717, 1.165) is 9.35 Å². The van der Waals surface area contributed by atoms with E-state index in [1.165, 1.54) is 18.4 Å². The van der Waals surface area contributed by atoms with E-state index in [9.17, 15) is 9.59 Å². The van der Waals surface area contributed by atoms with Crippen molar-refractivity contribution in [3.63, 3.8) is 0 Å². The highest BCUT2D eigenvalue weighted by molar-refractivity contribution is 9.10. The van der Waals surface area contributed by atoms with Crippen molar-refractivity contribution in [3.8, 4) is 0 Å². The molecule has 7 heteroatoms. The molecule has 0 spiro atoms.